The normalized spacial score (nSPS) is 14.1. The van der Waals surface area contributed by atoms with E-state index < -0.39 is 0 Å². The van der Waals surface area contributed by atoms with E-state index in [0.717, 1.165) is 43.8 Å². The van der Waals surface area contributed by atoms with Gasteiger partial charge < -0.3 is 5.11 Å². The number of fused-ring (bicyclic) bond motifs is 1. The molecule has 4 rings (SSSR count). The first-order valence-electron chi connectivity index (χ1n) is 9.08. The molecule has 0 amide bonds. The minimum atomic E-state index is 0.226. The van der Waals surface area contributed by atoms with Crippen molar-refractivity contribution in [3.8, 4) is 11.8 Å². The zero-order chi connectivity index (χ0) is 20.4. The van der Waals surface area contributed by atoms with Gasteiger partial charge in [-0.15, -0.1) is 11.3 Å². The van der Waals surface area contributed by atoms with Gasteiger partial charge in [-0.05, 0) is 74.9 Å². The second-order valence-corrected chi connectivity index (χ2v) is 10.3. The first kappa shape index (κ1) is 20.8. The molecule has 1 aromatic heterocycles. The van der Waals surface area contributed by atoms with E-state index in [1.54, 1.807) is 17.6 Å². The summed E-state index contributed by atoms with van der Waals surface area (Å²) in [5.74, 6) is 0.226. The summed E-state index contributed by atoms with van der Waals surface area (Å²) in [6.45, 7) is 2.69. The number of aromatic hydroxyl groups is 1. The van der Waals surface area contributed by atoms with Gasteiger partial charge in [-0.1, -0.05) is 30.3 Å². The largest absolute Gasteiger partial charge is 0.506 e. The molecule has 7 heteroatoms. The van der Waals surface area contributed by atoms with Crippen LogP contribution in [0, 0.1) is 18.5 Å². The second kappa shape index (κ2) is 9.12. The molecule has 0 atom stereocenters. The third-order valence-electron chi connectivity index (χ3n) is 4.86. The van der Waals surface area contributed by atoms with Gasteiger partial charge in [0, 0.05) is 39.9 Å². The van der Waals surface area contributed by atoms with Gasteiger partial charge in [0.2, 0.25) is 0 Å². The van der Waals surface area contributed by atoms with Crippen molar-refractivity contribution >= 4 is 67.7 Å². The Kier molecular flexibility index (Phi) is 6.53. The number of benzene rings is 2. The first-order valence-corrected chi connectivity index (χ1v) is 12.1. The molecule has 0 bridgehead atoms. The molecular weight excluding hydrogens is 608 g/mol. The van der Waals surface area contributed by atoms with E-state index >= 15 is 0 Å². The number of hydrogen-bond acceptors (Lipinski definition) is 5. The van der Waals surface area contributed by atoms with Crippen LogP contribution in [0.15, 0.2) is 47.5 Å². The fraction of sp³-hybridized carbons (Fsp3) is 0.182. The Morgan fingerprint density at radius 2 is 2.03 bits per heavy atom. The molecule has 1 N–H and O–H groups in total. The molecule has 4 nitrogen and oxygen atoms in total. The third-order valence-corrected chi connectivity index (χ3v) is 7.43. The number of nitrogens with zero attached hydrogens (tertiary/aromatic N) is 3. The van der Waals surface area contributed by atoms with Crippen molar-refractivity contribution in [2.24, 2.45) is 4.99 Å². The maximum Gasteiger partial charge on any atom is 0.137 e. The SMILES string of the molecule is N#Cc1c(/N=C/c2cc(I)cc(I)c2O)sc2c1CCN(Cc1ccccc1)C2. The molecule has 0 unspecified atom stereocenters. The lowest BCUT2D eigenvalue weighted by molar-refractivity contribution is 0.249. The molecule has 1 aliphatic heterocycles. The zero-order valence-electron chi connectivity index (χ0n) is 15.4. The van der Waals surface area contributed by atoms with E-state index in [4.69, 9.17) is 0 Å². The number of phenolic OH excluding ortho intramolecular Hbond substituents is 1. The standard InChI is InChI=1S/C22H17I2N3OS/c23-16-8-15(21(28)19(24)9-16)11-26-22-18(10-25)17-6-7-27(13-20(17)29-22)12-14-4-2-1-3-5-14/h1-5,8-9,11,28H,6-7,12-13H2/b26-11+. The third kappa shape index (κ3) is 4.66. The number of rotatable bonds is 4. The van der Waals surface area contributed by atoms with Crippen LogP contribution >= 0.6 is 56.5 Å². The summed E-state index contributed by atoms with van der Waals surface area (Å²) in [4.78, 5) is 8.22. The van der Waals surface area contributed by atoms with Gasteiger partial charge in [-0.25, -0.2) is 4.99 Å². The minimum Gasteiger partial charge on any atom is -0.506 e. The molecule has 0 saturated heterocycles. The lowest BCUT2D eigenvalue weighted by atomic mass is 10.0. The van der Waals surface area contributed by atoms with E-state index in [9.17, 15) is 10.4 Å². The van der Waals surface area contributed by atoms with Crippen molar-refractivity contribution in [1.82, 2.24) is 4.90 Å². The van der Waals surface area contributed by atoms with Crippen LogP contribution in [-0.2, 0) is 19.5 Å². The highest BCUT2D eigenvalue weighted by molar-refractivity contribution is 14.1. The zero-order valence-corrected chi connectivity index (χ0v) is 20.5. The van der Waals surface area contributed by atoms with Crippen LogP contribution in [0.3, 0.4) is 0 Å². The van der Waals surface area contributed by atoms with Crippen LogP contribution in [0.1, 0.15) is 27.1 Å². The average molecular weight is 625 g/mol. The summed E-state index contributed by atoms with van der Waals surface area (Å²) in [5, 5.41) is 20.7. The van der Waals surface area contributed by atoms with Gasteiger partial charge in [0.25, 0.3) is 0 Å². The summed E-state index contributed by atoms with van der Waals surface area (Å²) >= 11 is 5.92. The Balaban J connectivity index is 1.59. The van der Waals surface area contributed by atoms with Gasteiger partial charge in [0.15, 0.2) is 0 Å². The molecule has 0 spiro atoms. The van der Waals surface area contributed by atoms with E-state index in [-0.39, 0.29) is 5.75 Å². The lowest BCUT2D eigenvalue weighted by Gasteiger charge is -2.26. The maximum atomic E-state index is 10.3. The Bertz CT molecular complexity index is 1120. The van der Waals surface area contributed by atoms with Crippen molar-refractivity contribution in [1.29, 1.82) is 5.26 Å². The Morgan fingerprint density at radius 1 is 1.24 bits per heavy atom. The topological polar surface area (TPSA) is 59.6 Å². The quantitative estimate of drug-likeness (QED) is 0.293. The fourth-order valence-corrected chi connectivity index (χ4v) is 6.51. The van der Waals surface area contributed by atoms with Crippen molar-refractivity contribution in [2.75, 3.05) is 6.54 Å². The van der Waals surface area contributed by atoms with Crippen LogP contribution in [0.2, 0.25) is 0 Å². The predicted molar refractivity (Wildman–Crippen MR) is 134 cm³/mol. The van der Waals surface area contributed by atoms with Crippen molar-refractivity contribution < 1.29 is 5.11 Å². The summed E-state index contributed by atoms with van der Waals surface area (Å²) < 4.78 is 1.83. The number of hydrogen-bond donors (Lipinski definition) is 1. The highest BCUT2D eigenvalue weighted by Crippen LogP contribution is 2.39. The number of thiophene rings is 1. The Labute approximate surface area is 201 Å². The van der Waals surface area contributed by atoms with Crippen LogP contribution in [-0.4, -0.2) is 22.8 Å². The number of halogens is 2. The van der Waals surface area contributed by atoms with Gasteiger partial charge in [0.05, 0.1) is 9.13 Å². The second-order valence-electron chi connectivity index (χ2n) is 6.83. The molecule has 3 aromatic rings. The highest BCUT2D eigenvalue weighted by Gasteiger charge is 2.24. The van der Waals surface area contributed by atoms with E-state index in [1.165, 1.54) is 10.4 Å². The summed E-state index contributed by atoms with van der Waals surface area (Å²) in [6.07, 6.45) is 2.53. The summed E-state index contributed by atoms with van der Waals surface area (Å²) in [6, 6.07) is 16.6. The molecule has 0 fully saturated rings. The van der Waals surface area contributed by atoms with Crippen molar-refractivity contribution in [3.05, 3.63) is 76.7 Å². The molecule has 1 aliphatic rings. The molecule has 0 radical (unpaired) electrons. The van der Waals surface area contributed by atoms with E-state index in [1.807, 2.05) is 18.2 Å². The van der Waals surface area contributed by atoms with Gasteiger partial charge >= 0.3 is 0 Å². The number of phenols is 1. The molecule has 146 valence electrons. The molecular formula is C22H17I2N3OS. The van der Waals surface area contributed by atoms with E-state index in [2.05, 4.69) is 85.4 Å². The fourth-order valence-electron chi connectivity index (χ4n) is 3.44. The maximum absolute atomic E-state index is 10.3. The smallest absolute Gasteiger partial charge is 0.137 e. The van der Waals surface area contributed by atoms with Crippen molar-refractivity contribution in [3.63, 3.8) is 0 Å². The molecule has 29 heavy (non-hydrogen) atoms. The van der Waals surface area contributed by atoms with Crippen LogP contribution in [0.25, 0.3) is 0 Å². The van der Waals surface area contributed by atoms with Crippen LogP contribution in [0.4, 0.5) is 5.00 Å². The number of nitriles is 1. The predicted octanol–water partition coefficient (Wildman–Crippen LogP) is 5.84. The molecule has 0 aliphatic carbocycles. The Morgan fingerprint density at radius 3 is 2.79 bits per heavy atom. The molecule has 2 heterocycles. The minimum absolute atomic E-state index is 0.226. The van der Waals surface area contributed by atoms with Gasteiger partial charge in [-0.2, -0.15) is 5.26 Å². The summed E-state index contributed by atoms with van der Waals surface area (Å²) in [7, 11) is 0. The first-order chi connectivity index (χ1) is 14.0. The molecule has 0 saturated carbocycles. The lowest BCUT2D eigenvalue weighted by Crippen LogP contribution is -2.29. The summed E-state index contributed by atoms with van der Waals surface area (Å²) in [5.41, 5.74) is 3.79. The Hall–Kier alpha value is -1.48. The average Bonchev–Trinajstić information content (AvgIpc) is 3.07. The van der Waals surface area contributed by atoms with Gasteiger partial charge in [0.1, 0.15) is 16.8 Å². The monoisotopic (exact) mass is 625 g/mol. The van der Waals surface area contributed by atoms with E-state index in [0.29, 0.717) is 11.1 Å². The van der Waals surface area contributed by atoms with Crippen LogP contribution < -0.4 is 0 Å². The van der Waals surface area contributed by atoms with Gasteiger partial charge in [-0.3, -0.25) is 4.90 Å². The number of aliphatic imine (C=N–C) groups is 1. The van der Waals surface area contributed by atoms with Crippen molar-refractivity contribution in [2.45, 2.75) is 19.5 Å². The van der Waals surface area contributed by atoms with Crippen LogP contribution in [0.5, 0.6) is 5.75 Å². The molecule has 2 aromatic carbocycles. The highest BCUT2D eigenvalue weighted by atomic mass is 127.